The van der Waals surface area contributed by atoms with Crippen LogP contribution in [0.2, 0.25) is 0 Å². The smallest absolute Gasteiger partial charge is 0.223 e. The Morgan fingerprint density at radius 1 is 1.14 bits per heavy atom. The zero-order chi connectivity index (χ0) is 14.9. The third-order valence-electron chi connectivity index (χ3n) is 4.77. The maximum absolute atomic E-state index is 12.3. The Bertz CT molecular complexity index is 673. The minimum Gasteiger partial charge on any atom is -0.344 e. The van der Waals surface area contributed by atoms with E-state index in [9.17, 15) is 4.79 Å². The third-order valence-corrected chi connectivity index (χ3v) is 5.71. The fourth-order valence-electron chi connectivity index (χ4n) is 3.31. The fraction of sp³-hybridized carbons (Fsp3) is 0.421. The molecule has 22 heavy (non-hydrogen) atoms. The average molecular weight is 311 g/mol. The molecule has 1 aromatic carbocycles. The van der Waals surface area contributed by atoms with Crippen molar-refractivity contribution in [2.24, 2.45) is 5.92 Å². The van der Waals surface area contributed by atoms with E-state index in [1.807, 2.05) is 0 Å². The molecule has 0 aliphatic heterocycles. The number of benzene rings is 1. The van der Waals surface area contributed by atoms with Crippen LogP contribution in [0.3, 0.4) is 0 Å². The number of hydrogen-bond donors (Lipinski definition) is 1. The van der Waals surface area contributed by atoms with Crippen molar-refractivity contribution in [2.75, 3.05) is 0 Å². The van der Waals surface area contributed by atoms with E-state index in [0.717, 1.165) is 12.8 Å². The van der Waals surface area contributed by atoms with Gasteiger partial charge in [-0.3, -0.25) is 4.79 Å². The molecule has 4 rings (SSSR count). The highest BCUT2D eigenvalue weighted by Gasteiger charge is 2.32. The maximum Gasteiger partial charge on any atom is 0.223 e. The number of thiophene rings is 1. The Balaban J connectivity index is 1.65. The summed E-state index contributed by atoms with van der Waals surface area (Å²) in [6.07, 6.45) is 7.07. The molecular weight excluding hydrogens is 290 g/mol. The predicted molar refractivity (Wildman–Crippen MR) is 90.1 cm³/mol. The molecule has 1 aromatic heterocycles. The Hall–Kier alpha value is -1.61. The zero-order valence-corrected chi connectivity index (χ0v) is 13.5. The van der Waals surface area contributed by atoms with Crippen molar-refractivity contribution < 1.29 is 4.79 Å². The molecule has 3 heteroatoms. The normalized spacial score (nSPS) is 18.5. The second kappa shape index (κ2) is 5.88. The number of rotatable bonds is 4. The lowest BCUT2D eigenvalue weighted by molar-refractivity contribution is -0.122. The summed E-state index contributed by atoms with van der Waals surface area (Å²) in [6.45, 7) is 0. The molecule has 1 amide bonds. The summed E-state index contributed by atoms with van der Waals surface area (Å²) in [5.74, 6) is 0.469. The molecule has 1 fully saturated rings. The van der Waals surface area contributed by atoms with Gasteiger partial charge in [0.15, 0.2) is 0 Å². The topological polar surface area (TPSA) is 29.1 Å². The lowest BCUT2D eigenvalue weighted by atomic mass is 9.89. The number of carbonyl (C=O) groups is 1. The molecule has 1 N–H and O–H groups in total. The Kier molecular flexibility index (Phi) is 3.75. The summed E-state index contributed by atoms with van der Waals surface area (Å²) in [5.41, 5.74) is 4.21. The predicted octanol–water partition coefficient (Wildman–Crippen LogP) is 4.24. The van der Waals surface area contributed by atoms with Crippen molar-refractivity contribution in [2.45, 2.75) is 44.6 Å². The van der Waals surface area contributed by atoms with Gasteiger partial charge < -0.3 is 5.32 Å². The van der Waals surface area contributed by atoms with Crippen molar-refractivity contribution in [3.05, 3.63) is 57.3 Å². The van der Waals surface area contributed by atoms with E-state index >= 15 is 0 Å². The standard InChI is InChI=1S/C19H21NOS/c21-19(14-8-9-14)20-18(17-6-3-11-22-17)16-10-7-13-4-1-2-5-15(13)12-16/h3,6-7,10-12,14,18H,1-2,4-5,8-9H2,(H,20,21). The Morgan fingerprint density at radius 2 is 1.95 bits per heavy atom. The molecule has 2 nitrogen and oxygen atoms in total. The second-order valence-electron chi connectivity index (χ2n) is 6.47. The molecule has 1 atom stereocenters. The highest BCUT2D eigenvalue weighted by molar-refractivity contribution is 7.10. The van der Waals surface area contributed by atoms with Crippen molar-refractivity contribution >= 4 is 17.2 Å². The van der Waals surface area contributed by atoms with Gasteiger partial charge in [-0.1, -0.05) is 24.3 Å². The van der Waals surface area contributed by atoms with Gasteiger partial charge in [-0.15, -0.1) is 11.3 Å². The summed E-state index contributed by atoms with van der Waals surface area (Å²) in [7, 11) is 0. The summed E-state index contributed by atoms with van der Waals surface area (Å²) >= 11 is 1.72. The summed E-state index contributed by atoms with van der Waals surface area (Å²) < 4.78 is 0. The van der Waals surface area contributed by atoms with Crippen LogP contribution in [-0.2, 0) is 17.6 Å². The summed E-state index contributed by atoms with van der Waals surface area (Å²) in [4.78, 5) is 13.5. The van der Waals surface area contributed by atoms with Gasteiger partial charge in [-0.2, -0.15) is 0 Å². The van der Waals surface area contributed by atoms with Gasteiger partial charge in [-0.25, -0.2) is 0 Å². The largest absolute Gasteiger partial charge is 0.344 e. The van der Waals surface area contributed by atoms with Crippen LogP contribution in [0.5, 0.6) is 0 Å². The van der Waals surface area contributed by atoms with Crippen LogP contribution in [0.1, 0.15) is 53.3 Å². The number of hydrogen-bond acceptors (Lipinski definition) is 2. The van der Waals surface area contributed by atoms with Crippen LogP contribution in [0.4, 0.5) is 0 Å². The van der Waals surface area contributed by atoms with E-state index in [2.05, 4.69) is 41.0 Å². The third kappa shape index (κ3) is 2.82. The van der Waals surface area contributed by atoms with Crippen LogP contribution < -0.4 is 5.32 Å². The van der Waals surface area contributed by atoms with E-state index < -0.39 is 0 Å². The number of aryl methyl sites for hydroxylation is 2. The molecule has 1 heterocycles. The lowest BCUT2D eigenvalue weighted by Crippen LogP contribution is -2.30. The Morgan fingerprint density at radius 3 is 2.68 bits per heavy atom. The minimum absolute atomic E-state index is 0.0142. The van der Waals surface area contributed by atoms with E-state index in [1.165, 1.54) is 47.3 Å². The lowest BCUT2D eigenvalue weighted by Gasteiger charge is -2.22. The van der Waals surface area contributed by atoms with Gasteiger partial charge in [0.2, 0.25) is 5.91 Å². The van der Waals surface area contributed by atoms with Crippen LogP contribution in [-0.4, -0.2) is 5.91 Å². The van der Waals surface area contributed by atoms with Crippen LogP contribution in [0.25, 0.3) is 0 Å². The zero-order valence-electron chi connectivity index (χ0n) is 12.7. The monoisotopic (exact) mass is 311 g/mol. The molecule has 0 bridgehead atoms. The highest BCUT2D eigenvalue weighted by Crippen LogP contribution is 2.33. The quantitative estimate of drug-likeness (QED) is 0.899. The van der Waals surface area contributed by atoms with Gasteiger partial charge in [-0.05, 0) is 66.7 Å². The van der Waals surface area contributed by atoms with Gasteiger partial charge in [0.05, 0.1) is 6.04 Å². The van der Waals surface area contributed by atoms with Gasteiger partial charge in [0.25, 0.3) is 0 Å². The molecule has 2 aliphatic rings. The first-order valence-electron chi connectivity index (χ1n) is 8.27. The van der Waals surface area contributed by atoms with E-state index in [1.54, 1.807) is 11.3 Å². The van der Waals surface area contributed by atoms with Crippen LogP contribution in [0.15, 0.2) is 35.7 Å². The molecule has 0 radical (unpaired) electrons. The molecule has 1 saturated carbocycles. The first-order valence-corrected chi connectivity index (χ1v) is 9.15. The molecule has 0 saturated heterocycles. The SMILES string of the molecule is O=C(NC(c1ccc2c(c1)CCCC2)c1cccs1)C1CC1. The molecule has 1 unspecified atom stereocenters. The Labute approximate surface area is 135 Å². The summed E-state index contributed by atoms with van der Waals surface area (Å²) in [5, 5.41) is 5.36. The minimum atomic E-state index is 0.0142. The molecule has 0 spiro atoms. The van der Waals surface area contributed by atoms with Gasteiger partial charge in [0, 0.05) is 10.8 Å². The second-order valence-corrected chi connectivity index (χ2v) is 7.45. The molecule has 114 valence electrons. The number of amides is 1. The van der Waals surface area contributed by atoms with Gasteiger partial charge in [0.1, 0.15) is 0 Å². The first kappa shape index (κ1) is 14.0. The number of nitrogens with one attached hydrogen (secondary N) is 1. The molecule has 2 aliphatic carbocycles. The van der Waals surface area contributed by atoms with Crippen molar-refractivity contribution in [1.82, 2.24) is 5.32 Å². The van der Waals surface area contributed by atoms with E-state index in [-0.39, 0.29) is 17.9 Å². The average Bonchev–Trinajstić information content (AvgIpc) is 3.27. The first-order chi connectivity index (χ1) is 10.8. The number of carbonyl (C=O) groups excluding carboxylic acids is 1. The van der Waals surface area contributed by atoms with Gasteiger partial charge >= 0.3 is 0 Å². The summed E-state index contributed by atoms with van der Waals surface area (Å²) in [6, 6.07) is 11.0. The van der Waals surface area contributed by atoms with E-state index in [0.29, 0.717) is 0 Å². The van der Waals surface area contributed by atoms with E-state index in [4.69, 9.17) is 0 Å². The fourth-order valence-corrected chi connectivity index (χ4v) is 4.12. The molecular formula is C19H21NOS. The maximum atomic E-state index is 12.3. The van der Waals surface area contributed by atoms with Crippen LogP contribution >= 0.6 is 11.3 Å². The highest BCUT2D eigenvalue weighted by atomic mass is 32.1. The number of fused-ring (bicyclic) bond motifs is 1. The van der Waals surface area contributed by atoms with Crippen molar-refractivity contribution in [3.8, 4) is 0 Å². The van der Waals surface area contributed by atoms with Crippen molar-refractivity contribution in [1.29, 1.82) is 0 Å². The van der Waals surface area contributed by atoms with Crippen LogP contribution in [0, 0.1) is 5.92 Å². The molecule has 2 aromatic rings. The van der Waals surface area contributed by atoms with Crippen molar-refractivity contribution in [3.63, 3.8) is 0 Å².